The van der Waals surface area contributed by atoms with E-state index in [9.17, 15) is 4.79 Å². The van der Waals surface area contributed by atoms with Gasteiger partial charge in [-0.25, -0.2) is 4.79 Å². The zero-order valence-electron chi connectivity index (χ0n) is 15.8. The van der Waals surface area contributed by atoms with Gasteiger partial charge < -0.3 is 20.1 Å². The molecule has 5 heteroatoms. The maximum absolute atomic E-state index is 12.6. The van der Waals surface area contributed by atoms with Gasteiger partial charge in [0.05, 0.1) is 0 Å². The van der Waals surface area contributed by atoms with Gasteiger partial charge in [0, 0.05) is 17.4 Å². The SMILES string of the molecule is CC(C)c1cccc(C(C)C)c1NC(=O)Nc1ccc2c(c1)OCCO2. The fourth-order valence-electron chi connectivity index (χ4n) is 3.09. The molecule has 0 aliphatic carbocycles. The number of carbonyl (C=O) groups excluding carboxylic acids is 1. The highest BCUT2D eigenvalue weighted by atomic mass is 16.6. The molecule has 0 bridgehead atoms. The zero-order chi connectivity index (χ0) is 18.7. The molecule has 3 rings (SSSR count). The van der Waals surface area contributed by atoms with Crippen molar-refractivity contribution in [2.75, 3.05) is 23.8 Å². The molecule has 0 saturated carbocycles. The van der Waals surface area contributed by atoms with Crippen LogP contribution in [0.15, 0.2) is 36.4 Å². The average molecular weight is 354 g/mol. The maximum atomic E-state index is 12.6. The molecule has 2 aromatic rings. The number of hydrogen-bond donors (Lipinski definition) is 2. The minimum absolute atomic E-state index is 0.267. The van der Waals surface area contributed by atoms with Crippen molar-refractivity contribution < 1.29 is 14.3 Å². The summed E-state index contributed by atoms with van der Waals surface area (Å²) in [5.41, 5.74) is 3.83. The van der Waals surface area contributed by atoms with Crippen molar-refractivity contribution in [1.82, 2.24) is 0 Å². The molecule has 0 fully saturated rings. The fourth-order valence-corrected chi connectivity index (χ4v) is 3.09. The summed E-state index contributed by atoms with van der Waals surface area (Å²) in [6, 6.07) is 11.3. The van der Waals surface area contributed by atoms with Crippen LogP contribution in [0.1, 0.15) is 50.7 Å². The molecule has 1 heterocycles. The van der Waals surface area contributed by atoms with Gasteiger partial charge >= 0.3 is 6.03 Å². The summed E-state index contributed by atoms with van der Waals surface area (Å²) in [5, 5.41) is 5.94. The first kappa shape index (κ1) is 18.1. The number of para-hydroxylation sites is 1. The predicted octanol–water partition coefficient (Wildman–Crippen LogP) is 5.35. The van der Waals surface area contributed by atoms with E-state index >= 15 is 0 Å². The Kier molecular flexibility index (Phi) is 5.35. The van der Waals surface area contributed by atoms with Crippen LogP contribution in [0.5, 0.6) is 11.5 Å². The predicted molar refractivity (Wildman–Crippen MR) is 105 cm³/mol. The Morgan fingerprint density at radius 2 is 1.50 bits per heavy atom. The number of benzene rings is 2. The van der Waals surface area contributed by atoms with Crippen LogP contribution >= 0.6 is 0 Å². The maximum Gasteiger partial charge on any atom is 0.323 e. The van der Waals surface area contributed by atoms with Crippen LogP contribution in [0.3, 0.4) is 0 Å². The smallest absolute Gasteiger partial charge is 0.323 e. The highest BCUT2D eigenvalue weighted by Crippen LogP contribution is 2.34. The van der Waals surface area contributed by atoms with Gasteiger partial charge in [-0.1, -0.05) is 45.9 Å². The number of fused-ring (bicyclic) bond motifs is 1. The number of anilines is 2. The molecule has 0 atom stereocenters. The molecule has 2 N–H and O–H groups in total. The lowest BCUT2D eigenvalue weighted by Crippen LogP contribution is -2.22. The molecule has 138 valence electrons. The van der Waals surface area contributed by atoms with Crippen molar-refractivity contribution in [3.8, 4) is 11.5 Å². The summed E-state index contributed by atoms with van der Waals surface area (Å²) in [5.74, 6) is 1.99. The minimum atomic E-state index is -0.267. The Morgan fingerprint density at radius 3 is 2.12 bits per heavy atom. The largest absolute Gasteiger partial charge is 0.486 e. The van der Waals surface area contributed by atoms with Gasteiger partial charge in [-0.15, -0.1) is 0 Å². The van der Waals surface area contributed by atoms with Crippen LogP contribution in [0.2, 0.25) is 0 Å². The second-order valence-corrected chi connectivity index (χ2v) is 7.06. The number of ether oxygens (including phenoxy) is 2. The monoisotopic (exact) mass is 354 g/mol. The number of rotatable bonds is 4. The lowest BCUT2D eigenvalue weighted by Gasteiger charge is -2.21. The summed E-state index contributed by atoms with van der Waals surface area (Å²) in [7, 11) is 0. The average Bonchev–Trinajstić information content (AvgIpc) is 2.61. The number of hydrogen-bond acceptors (Lipinski definition) is 3. The summed E-state index contributed by atoms with van der Waals surface area (Å²) >= 11 is 0. The van der Waals surface area contributed by atoms with E-state index in [-0.39, 0.29) is 6.03 Å². The van der Waals surface area contributed by atoms with Gasteiger partial charge in [0.15, 0.2) is 11.5 Å². The standard InChI is InChI=1S/C21H26N2O3/c1-13(2)16-6-5-7-17(14(3)4)20(16)23-21(24)22-15-8-9-18-19(12-15)26-11-10-25-18/h5-9,12-14H,10-11H2,1-4H3,(H2,22,23,24). The second kappa shape index (κ2) is 7.68. The van der Waals surface area contributed by atoms with Crippen LogP contribution in [0.4, 0.5) is 16.2 Å². The van der Waals surface area contributed by atoms with Crippen LogP contribution in [0, 0.1) is 0 Å². The van der Waals surface area contributed by atoms with Crippen molar-refractivity contribution in [1.29, 1.82) is 0 Å². The highest BCUT2D eigenvalue weighted by Gasteiger charge is 2.17. The first-order chi connectivity index (χ1) is 12.5. The highest BCUT2D eigenvalue weighted by molar-refractivity contribution is 6.01. The van der Waals surface area contributed by atoms with Crippen molar-refractivity contribution in [2.24, 2.45) is 0 Å². The topological polar surface area (TPSA) is 59.6 Å². The van der Waals surface area contributed by atoms with E-state index < -0.39 is 0 Å². The molecular formula is C21H26N2O3. The third kappa shape index (κ3) is 3.93. The lowest BCUT2D eigenvalue weighted by atomic mass is 9.93. The second-order valence-electron chi connectivity index (χ2n) is 7.06. The molecule has 1 aliphatic rings. The quantitative estimate of drug-likeness (QED) is 0.778. The Labute approximate surface area is 154 Å². The molecule has 1 aliphatic heterocycles. The van der Waals surface area contributed by atoms with Crippen LogP contribution in [0.25, 0.3) is 0 Å². The van der Waals surface area contributed by atoms with E-state index in [2.05, 4.69) is 56.5 Å². The zero-order valence-corrected chi connectivity index (χ0v) is 15.8. The van der Waals surface area contributed by atoms with Crippen molar-refractivity contribution in [3.63, 3.8) is 0 Å². The number of carbonyl (C=O) groups is 1. The molecule has 5 nitrogen and oxygen atoms in total. The molecule has 0 spiro atoms. The van der Waals surface area contributed by atoms with E-state index in [0.717, 1.165) is 16.8 Å². The van der Waals surface area contributed by atoms with Crippen LogP contribution < -0.4 is 20.1 Å². The summed E-state index contributed by atoms with van der Waals surface area (Å²) in [4.78, 5) is 12.6. The van der Waals surface area contributed by atoms with Crippen molar-refractivity contribution >= 4 is 17.4 Å². The Hall–Kier alpha value is -2.69. The van der Waals surface area contributed by atoms with E-state index in [0.29, 0.717) is 42.2 Å². The summed E-state index contributed by atoms with van der Waals surface area (Å²) in [6.45, 7) is 9.58. The van der Waals surface area contributed by atoms with Crippen LogP contribution in [-0.4, -0.2) is 19.2 Å². The number of urea groups is 1. The van der Waals surface area contributed by atoms with Gasteiger partial charge in [-0.3, -0.25) is 0 Å². The van der Waals surface area contributed by atoms with E-state index in [4.69, 9.17) is 9.47 Å². The number of amides is 2. The van der Waals surface area contributed by atoms with Gasteiger partial charge in [-0.05, 0) is 35.1 Å². The number of nitrogens with one attached hydrogen (secondary N) is 2. The normalized spacial score (nSPS) is 13.0. The van der Waals surface area contributed by atoms with Crippen LogP contribution in [-0.2, 0) is 0 Å². The molecule has 0 unspecified atom stereocenters. The van der Waals surface area contributed by atoms with E-state index in [1.807, 2.05) is 12.1 Å². The van der Waals surface area contributed by atoms with Crippen molar-refractivity contribution in [3.05, 3.63) is 47.5 Å². The van der Waals surface area contributed by atoms with E-state index in [1.165, 1.54) is 0 Å². The summed E-state index contributed by atoms with van der Waals surface area (Å²) < 4.78 is 11.1. The Bertz CT molecular complexity index is 774. The molecule has 0 aromatic heterocycles. The molecule has 2 amide bonds. The van der Waals surface area contributed by atoms with E-state index in [1.54, 1.807) is 6.07 Å². The molecule has 0 radical (unpaired) electrons. The van der Waals surface area contributed by atoms with Gasteiger partial charge in [0.25, 0.3) is 0 Å². The molecule has 2 aromatic carbocycles. The lowest BCUT2D eigenvalue weighted by molar-refractivity contribution is 0.171. The minimum Gasteiger partial charge on any atom is -0.486 e. The first-order valence-corrected chi connectivity index (χ1v) is 9.06. The summed E-state index contributed by atoms with van der Waals surface area (Å²) in [6.07, 6.45) is 0. The third-order valence-electron chi connectivity index (χ3n) is 4.41. The Balaban J connectivity index is 1.80. The fraction of sp³-hybridized carbons (Fsp3) is 0.381. The molecular weight excluding hydrogens is 328 g/mol. The molecule has 0 saturated heterocycles. The van der Waals surface area contributed by atoms with Gasteiger partial charge in [0.1, 0.15) is 13.2 Å². The third-order valence-corrected chi connectivity index (χ3v) is 4.41. The van der Waals surface area contributed by atoms with Crippen molar-refractivity contribution in [2.45, 2.75) is 39.5 Å². The molecule has 26 heavy (non-hydrogen) atoms. The Morgan fingerprint density at radius 1 is 0.885 bits per heavy atom. The first-order valence-electron chi connectivity index (χ1n) is 9.06. The van der Waals surface area contributed by atoms with Gasteiger partial charge in [-0.2, -0.15) is 0 Å². The van der Waals surface area contributed by atoms with Gasteiger partial charge in [0.2, 0.25) is 0 Å².